The van der Waals surface area contributed by atoms with Gasteiger partial charge in [0.05, 0.1) is 0 Å². The van der Waals surface area contributed by atoms with Crippen LogP contribution in [0.25, 0.3) is 0 Å². The number of likely N-dealkylation sites (tertiary alicyclic amines) is 1. The van der Waals surface area contributed by atoms with Gasteiger partial charge in [0.2, 0.25) is 5.95 Å². The van der Waals surface area contributed by atoms with Gasteiger partial charge in [0.15, 0.2) is 0 Å². The minimum atomic E-state index is 0.113. The van der Waals surface area contributed by atoms with Crippen LogP contribution in [0.15, 0.2) is 12.4 Å². The Morgan fingerprint density at radius 3 is 2.56 bits per heavy atom. The Hall–Kier alpha value is -1.20. The number of hydrogen-bond acceptors (Lipinski definition) is 5. The zero-order chi connectivity index (χ0) is 13.0. The van der Waals surface area contributed by atoms with E-state index in [1.54, 1.807) is 0 Å². The first-order chi connectivity index (χ1) is 8.65. The maximum absolute atomic E-state index is 5.68. The van der Waals surface area contributed by atoms with Crippen LogP contribution < -0.4 is 11.1 Å². The summed E-state index contributed by atoms with van der Waals surface area (Å²) in [7, 11) is 2.17. The molecule has 1 saturated heterocycles. The molecule has 18 heavy (non-hydrogen) atoms. The summed E-state index contributed by atoms with van der Waals surface area (Å²) in [6.07, 6.45) is 6.30. The lowest BCUT2D eigenvalue weighted by Crippen LogP contribution is -2.29. The maximum atomic E-state index is 5.68. The fraction of sp³-hybridized carbons (Fsp3) is 0.692. The number of rotatable bonds is 4. The van der Waals surface area contributed by atoms with Crippen LogP contribution in [0.2, 0.25) is 0 Å². The molecule has 0 aromatic carbocycles. The summed E-state index contributed by atoms with van der Waals surface area (Å²) in [6, 6.07) is 0.113. The summed E-state index contributed by atoms with van der Waals surface area (Å²) >= 11 is 0. The monoisotopic (exact) mass is 249 g/mol. The normalized spacial score (nSPS) is 19.7. The van der Waals surface area contributed by atoms with Gasteiger partial charge in [-0.2, -0.15) is 0 Å². The molecule has 1 unspecified atom stereocenters. The van der Waals surface area contributed by atoms with Gasteiger partial charge in [-0.25, -0.2) is 9.97 Å². The van der Waals surface area contributed by atoms with E-state index >= 15 is 0 Å². The predicted octanol–water partition coefficient (Wildman–Crippen LogP) is 1.04. The van der Waals surface area contributed by atoms with E-state index in [-0.39, 0.29) is 6.04 Å². The highest BCUT2D eigenvalue weighted by Crippen LogP contribution is 2.26. The van der Waals surface area contributed by atoms with E-state index in [0.29, 0.717) is 18.4 Å². The van der Waals surface area contributed by atoms with Crippen molar-refractivity contribution in [2.24, 2.45) is 5.73 Å². The van der Waals surface area contributed by atoms with Gasteiger partial charge in [0.1, 0.15) is 0 Å². The van der Waals surface area contributed by atoms with Gasteiger partial charge in [-0.15, -0.1) is 0 Å². The first-order valence-corrected chi connectivity index (χ1v) is 6.65. The molecule has 1 atom stereocenters. The van der Waals surface area contributed by atoms with Crippen molar-refractivity contribution >= 4 is 5.95 Å². The highest BCUT2D eigenvalue weighted by Gasteiger charge is 2.18. The van der Waals surface area contributed by atoms with Crippen molar-refractivity contribution in [1.29, 1.82) is 0 Å². The van der Waals surface area contributed by atoms with Crippen molar-refractivity contribution in [2.45, 2.75) is 31.7 Å². The molecule has 0 bridgehead atoms. The predicted molar refractivity (Wildman–Crippen MR) is 73.6 cm³/mol. The molecule has 0 saturated carbocycles. The highest BCUT2D eigenvalue weighted by atomic mass is 15.1. The standard InChI is InChI=1S/C13H23N5/c1-10(14)7-15-13-16-8-12(9-17-13)11-3-5-18(2)6-4-11/h8-11H,3-7,14H2,1-2H3,(H,15,16,17). The third kappa shape index (κ3) is 3.65. The van der Waals surface area contributed by atoms with Crippen molar-refractivity contribution in [1.82, 2.24) is 14.9 Å². The second-order valence-electron chi connectivity index (χ2n) is 5.28. The lowest BCUT2D eigenvalue weighted by atomic mass is 9.92. The van der Waals surface area contributed by atoms with Crippen LogP contribution >= 0.6 is 0 Å². The van der Waals surface area contributed by atoms with Crippen LogP contribution in [0.5, 0.6) is 0 Å². The number of nitrogens with two attached hydrogens (primary N) is 1. The summed E-state index contributed by atoms with van der Waals surface area (Å²) in [5.41, 5.74) is 6.94. The van der Waals surface area contributed by atoms with Crippen LogP contribution in [0.1, 0.15) is 31.2 Å². The molecule has 1 aliphatic rings. The van der Waals surface area contributed by atoms with E-state index in [4.69, 9.17) is 5.73 Å². The zero-order valence-electron chi connectivity index (χ0n) is 11.3. The van der Waals surface area contributed by atoms with Gasteiger partial charge in [-0.05, 0) is 51.4 Å². The SMILES string of the molecule is CC(N)CNc1ncc(C2CCN(C)CC2)cn1. The van der Waals surface area contributed by atoms with E-state index in [9.17, 15) is 0 Å². The average molecular weight is 249 g/mol. The van der Waals surface area contributed by atoms with Gasteiger partial charge < -0.3 is 16.0 Å². The maximum Gasteiger partial charge on any atom is 0.222 e. The molecule has 3 N–H and O–H groups in total. The summed E-state index contributed by atoms with van der Waals surface area (Å²) in [4.78, 5) is 11.1. The van der Waals surface area contributed by atoms with E-state index < -0.39 is 0 Å². The fourth-order valence-corrected chi connectivity index (χ4v) is 2.23. The zero-order valence-corrected chi connectivity index (χ0v) is 11.3. The quantitative estimate of drug-likeness (QED) is 0.834. The van der Waals surface area contributed by atoms with E-state index in [1.807, 2.05) is 19.3 Å². The molecule has 100 valence electrons. The molecule has 0 spiro atoms. The summed E-state index contributed by atoms with van der Waals surface area (Å²) in [6.45, 7) is 4.98. The second kappa shape index (κ2) is 6.11. The molecule has 2 rings (SSSR count). The third-order valence-electron chi connectivity index (χ3n) is 3.44. The molecule has 0 radical (unpaired) electrons. The lowest BCUT2D eigenvalue weighted by Gasteiger charge is -2.28. The second-order valence-corrected chi connectivity index (χ2v) is 5.28. The third-order valence-corrected chi connectivity index (χ3v) is 3.44. The van der Waals surface area contributed by atoms with Gasteiger partial charge in [0.25, 0.3) is 0 Å². The Balaban J connectivity index is 1.91. The van der Waals surface area contributed by atoms with Gasteiger partial charge in [-0.1, -0.05) is 0 Å². The van der Waals surface area contributed by atoms with E-state index in [2.05, 4.69) is 27.2 Å². The molecule has 1 aromatic rings. The Morgan fingerprint density at radius 1 is 1.39 bits per heavy atom. The van der Waals surface area contributed by atoms with Crippen molar-refractivity contribution in [3.63, 3.8) is 0 Å². The molecule has 5 nitrogen and oxygen atoms in total. The minimum Gasteiger partial charge on any atom is -0.353 e. The Bertz CT molecular complexity index is 354. The van der Waals surface area contributed by atoms with Gasteiger partial charge >= 0.3 is 0 Å². The number of hydrogen-bond donors (Lipinski definition) is 2. The van der Waals surface area contributed by atoms with Gasteiger partial charge in [0, 0.05) is 25.0 Å². The number of piperidine rings is 1. The van der Waals surface area contributed by atoms with Crippen LogP contribution in [-0.4, -0.2) is 47.6 Å². The Labute approximate surface area is 109 Å². The molecule has 5 heteroatoms. The summed E-state index contributed by atoms with van der Waals surface area (Å²) < 4.78 is 0. The molecular formula is C13H23N5. The smallest absolute Gasteiger partial charge is 0.222 e. The number of aromatic nitrogens is 2. The molecular weight excluding hydrogens is 226 g/mol. The first kappa shape index (κ1) is 13.2. The number of nitrogens with one attached hydrogen (secondary N) is 1. The lowest BCUT2D eigenvalue weighted by molar-refractivity contribution is 0.255. The molecule has 1 aliphatic heterocycles. The Morgan fingerprint density at radius 2 is 2.00 bits per heavy atom. The van der Waals surface area contributed by atoms with E-state index in [1.165, 1.54) is 18.4 Å². The molecule has 1 aromatic heterocycles. The fourth-order valence-electron chi connectivity index (χ4n) is 2.23. The molecule has 0 amide bonds. The first-order valence-electron chi connectivity index (χ1n) is 6.65. The van der Waals surface area contributed by atoms with Gasteiger partial charge in [-0.3, -0.25) is 0 Å². The highest BCUT2D eigenvalue weighted by molar-refractivity contribution is 5.26. The van der Waals surface area contributed by atoms with Crippen molar-refractivity contribution < 1.29 is 0 Å². The topological polar surface area (TPSA) is 67.1 Å². The Kier molecular flexibility index (Phi) is 4.49. The van der Waals surface area contributed by atoms with Crippen molar-refractivity contribution in [2.75, 3.05) is 32.0 Å². The van der Waals surface area contributed by atoms with Crippen molar-refractivity contribution in [3.05, 3.63) is 18.0 Å². The molecule has 1 fully saturated rings. The summed E-state index contributed by atoms with van der Waals surface area (Å²) in [5, 5.41) is 3.13. The average Bonchev–Trinajstić information content (AvgIpc) is 2.38. The number of nitrogens with zero attached hydrogens (tertiary/aromatic N) is 3. The van der Waals surface area contributed by atoms with Crippen molar-refractivity contribution in [3.8, 4) is 0 Å². The van der Waals surface area contributed by atoms with Crippen LogP contribution in [0.3, 0.4) is 0 Å². The van der Waals surface area contributed by atoms with E-state index in [0.717, 1.165) is 13.1 Å². The number of anilines is 1. The largest absolute Gasteiger partial charge is 0.353 e. The minimum absolute atomic E-state index is 0.113. The van der Waals surface area contributed by atoms with Crippen LogP contribution in [-0.2, 0) is 0 Å². The molecule has 2 heterocycles. The van der Waals surface area contributed by atoms with Crippen LogP contribution in [0.4, 0.5) is 5.95 Å². The summed E-state index contributed by atoms with van der Waals surface area (Å²) in [5.74, 6) is 1.28. The molecule has 0 aliphatic carbocycles. The van der Waals surface area contributed by atoms with Crippen LogP contribution in [0, 0.1) is 0 Å².